The van der Waals surface area contributed by atoms with Crippen molar-refractivity contribution in [3.63, 3.8) is 0 Å². The quantitative estimate of drug-likeness (QED) is 0.452. The van der Waals surface area contributed by atoms with Gasteiger partial charge in [0.15, 0.2) is 0 Å². The summed E-state index contributed by atoms with van der Waals surface area (Å²) in [5, 5.41) is 11.7. The van der Waals surface area contributed by atoms with Crippen molar-refractivity contribution in [2.75, 3.05) is 25.0 Å². The number of hydrogen-bond donors (Lipinski definition) is 2. The van der Waals surface area contributed by atoms with E-state index >= 15 is 0 Å². The number of urea groups is 1. The molecular formula is C28H28N6O2. The number of benzene rings is 2. The van der Waals surface area contributed by atoms with Crippen molar-refractivity contribution < 1.29 is 9.59 Å². The van der Waals surface area contributed by atoms with Gasteiger partial charge >= 0.3 is 6.03 Å². The second-order valence-corrected chi connectivity index (χ2v) is 9.59. The molecule has 0 bridgehead atoms. The second kappa shape index (κ2) is 8.78. The first-order valence-corrected chi connectivity index (χ1v) is 12.4. The highest BCUT2D eigenvalue weighted by Crippen LogP contribution is 2.44. The van der Waals surface area contributed by atoms with E-state index < -0.39 is 0 Å². The maximum atomic E-state index is 12.8. The van der Waals surface area contributed by atoms with E-state index in [1.54, 1.807) is 12.1 Å². The molecule has 0 saturated carbocycles. The molecule has 1 atom stereocenters. The Morgan fingerprint density at radius 2 is 1.86 bits per heavy atom. The van der Waals surface area contributed by atoms with E-state index in [1.807, 2.05) is 60.5 Å². The third-order valence-corrected chi connectivity index (χ3v) is 7.40. The van der Waals surface area contributed by atoms with E-state index in [0.29, 0.717) is 17.8 Å². The highest BCUT2D eigenvalue weighted by molar-refractivity contribution is 6.09. The predicted molar refractivity (Wildman–Crippen MR) is 139 cm³/mol. The third-order valence-electron chi connectivity index (χ3n) is 7.40. The molecule has 1 unspecified atom stereocenters. The number of nitrogens with one attached hydrogen (secondary N) is 2. The van der Waals surface area contributed by atoms with Crippen molar-refractivity contribution in [3.8, 4) is 11.3 Å². The number of carbonyl (C=O) groups excluding carboxylic acids is 2. The van der Waals surface area contributed by atoms with Crippen LogP contribution in [0.2, 0.25) is 0 Å². The van der Waals surface area contributed by atoms with Crippen LogP contribution in [0.1, 0.15) is 35.8 Å². The molecule has 0 aliphatic carbocycles. The van der Waals surface area contributed by atoms with E-state index in [2.05, 4.69) is 26.4 Å². The van der Waals surface area contributed by atoms with E-state index in [0.717, 1.165) is 54.6 Å². The fourth-order valence-corrected chi connectivity index (χ4v) is 5.51. The lowest BCUT2D eigenvalue weighted by Crippen LogP contribution is -2.40. The summed E-state index contributed by atoms with van der Waals surface area (Å²) in [6.45, 7) is 4.89. The lowest BCUT2D eigenvalue weighted by molar-refractivity contribution is 0.102. The Morgan fingerprint density at radius 1 is 1.03 bits per heavy atom. The van der Waals surface area contributed by atoms with E-state index in [1.165, 1.54) is 5.69 Å². The molecule has 2 aliphatic heterocycles. The molecule has 2 aromatic heterocycles. The van der Waals surface area contributed by atoms with Crippen LogP contribution in [0.4, 0.5) is 10.5 Å². The summed E-state index contributed by atoms with van der Waals surface area (Å²) in [5.41, 5.74) is 5.03. The van der Waals surface area contributed by atoms with Crippen molar-refractivity contribution in [2.24, 2.45) is 0 Å². The minimum Gasteiger partial charge on any atom is -0.338 e. The van der Waals surface area contributed by atoms with Gasteiger partial charge in [-0.1, -0.05) is 24.3 Å². The number of likely N-dealkylation sites (tertiary alicyclic amines) is 1. The number of rotatable bonds is 4. The van der Waals surface area contributed by atoms with Crippen LogP contribution >= 0.6 is 0 Å². The van der Waals surface area contributed by atoms with E-state index in [9.17, 15) is 9.59 Å². The number of pyridine rings is 1. The average molecular weight is 481 g/mol. The molecule has 0 radical (unpaired) electrons. The molecule has 2 N–H and O–H groups in total. The Kier molecular flexibility index (Phi) is 5.44. The van der Waals surface area contributed by atoms with Crippen molar-refractivity contribution in [1.82, 2.24) is 25.0 Å². The molecule has 3 amide bonds. The van der Waals surface area contributed by atoms with Gasteiger partial charge in [-0.2, -0.15) is 5.10 Å². The molecule has 182 valence electrons. The fraction of sp³-hybridized carbons (Fsp3) is 0.286. The lowest BCUT2D eigenvalue weighted by Gasteiger charge is -2.23. The minimum atomic E-state index is -0.158. The van der Waals surface area contributed by atoms with Gasteiger partial charge < -0.3 is 15.5 Å². The SMILES string of the molecule is CCNC(=O)N1CCC2(CCn3nc(-c4cnc5cccc(NC(=O)c6ccccc6)c5c4)cc32)C1. The first kappa shape index (κ1) is 22.3. The van der Waals surface area contributed by atoms with Gasteiger partial charge in [0, 0.05) is 60.0 Å². The van der Waals surface area contributed by atoms with Crippen LogP contribution in [-0.4, -0.2) is 51.2 Å². The molecule has 1 saturated heterocycles. The zero-order chi connectivity index (χ0) is 24.7. The molecule has 2 aromatic carbocycles. The number of nitrogens with zero attached hydrogens (tertiary/aromatic N) is 4. The smallest absolute Gasteiger partial charge is 0.317 e. The standard InChI is InChI=1S/C28H28N6O2/c1-2-29-27(36)33-13-11-28(18-33)12-14-34-25(28)16-24(32-34)20-15-21-22(30-17-20)9-6-10-23(21)31-26(35)19-7-4-3-5-8-19/h3-10,15-17H,2,11-14,18H2,1H3,(H,29,36)(H,31,35). The van der Waals surface area contributed by atoms with Crippen molar-refractivity contribution in [2.45, 2.75) is 31.7 Å². The lowest BCUT2D eigenvalue weighted by atomic mass is 9.82. The highest BCUT2D eigenvalue weighted by atomic mass is 16.2. The molecular weight excluding hydrogens is 452 g/mol. The number of anilines is 1. The summed E-state index contributed by atoms with van der Waals surface area (Å²) < 4.78 is 2.09. The Hall–Kier alpha value is -4.20. The number of aromatic nitrogens is 3. The zero-order valence-electron chi connectivity index (χ0n) is 20.2. The van der Waals surface area contributed by atoms with Gasteiger partial charge in [0.2, 0.25) is 0 Å². The van der Waals surface area contributed by atoms with Crippen molar-refractivity contribution in [1.29, 1.82) is 0 Å². The van der Waals surface area contributed by atoms with Gasteiger partial charge in [0.05, 0.1) is 16.9 Å². The Bertz CT molecular complexity index is 1460. The van der Waals surface area contributed by atoms with E-state index in [4.69, 9.17) is 5.10 Å². The maximum absolute atomic E-state index is 12.8. The molecule has 4 aromatic rings. The average Bonchev–Trinajstić information content (AvgIpc) is 3.61. The topological polar surface area (TPSA) is 92.2 Å². The first-order chi connectivity index (χ1) is 17.6. The minimum absolute atomic E-state index is 0.0105. The Morgan fingerprint density at radius 3 is 2.69 bits per heavy atom. The Balaban J connectivity index is 1.30. The number of aryl methyl sites for hydroxylation is 1. The number of amides is 3. The van der Waals surface area contributed by atoms with Crippen LogP contribution in [0.25, 0.3) is 22.2 Å². The molecule has 36 heavy (non-hydrogen) atoms. The van der Waals surface area contributed by atoms with Gasteiger partial charge in [-0.25, -0.2) is 4.79 Å². The van der Waals surface area contributed by atoms with Crippen LogP contribution in [0.5, 0.6) is 0 Å². The fourth-order valence-electron chi connectivity index (χ4n) is 5.51. The van der Waals surface area contributed by atoms with Crippen LogP contribution in [0.3, 0.4) is 0 Å². The van der Waals surface area contributed by atoms with Gasteiger partial charge in [0.25, 0.3) is 5.91 Å². The molecule has 8 nitrogen and oxygen atoms in total. The summed E-state index contributed by atoms with van der Waals surface area (Å²) in [4.78, 5) is 31.8. The molecule has 1 spiro atoms. The molecule has 2 aliphatic rings. The number of hydrogen-bond acceptors (Lipinski definition) is 4. The normalized spacial score (nSPS) is 18.5. The Labute approximate surface area is 209 Å². The van der Waals surface area contributed by atoms with Crippen LogP contribution in [0, 0.1) is 0 Å². The van der Waals surface area contributed by atoms with Crippen molar-refractivity contribution in [3.05, 3.63) is 78.1 Å². The van der Waals surface area contributed by atoms with Gasteiger partial charge in [0.1, 0.15) is 0 Å². The molecule has 4 heterocycles. The molecule has 6 rings (SSSR count). The van der Waals surface area contributed by atoms with Crippen LogP contribution < -0.4 is 10.6 Å². The van der Waals surface area contributed by atoms with Gasteiger partial charge in [-0.15, -0.1) is 0 Å². The van der Waals surface area contributed by atoms with Gasteiger partial charge in [-0.05, 0) is 56.2 Å². The summed E-state index contributed by atoms with van der Waals surface area (Å²) in [6, 6.07) is 19.1. The predicted octanol–water partition coefficient (Wildman–Crippen LogP) is 4.43. The molecule has 1 fully saturated rings. The monoisotopic (exact) mass is 480 g/mol. The first-order valence-electron chi connectivity index (χ1n) is 12.4. The number of carbonyl (C=O) groups is 2. The van der Waals surface area contributed by atoms with Crippen molar-refractivity contribution >= 4 is 28.5 Å². The largest absolute Gasteiger partial charge is 0.338 e. The number of fused-ring (bicyclic) bond motifs is 3. The third kappa shape index (κ3) is 3.79. The summed E-state index contributed by atoms with van der Waals surface area (Å²) in [6.07, 6.45) is 3.78. The van der Waals surface area contributed by atoms with Crippen LogP contribution in [0.15, 0.2) is 66.9 Å². The zero-order valence-corrected chi connectivity index (χ0v) is 20.2. The second-order valence-electron chi connectivity index (χ2n) is 9.59. The highest BCUT2D eigenvalue weighted by Gasteiger charge is 2.46. The maximum Gasteiger partial charge on any atom is 0.317 e. The summed E-state index contributed by atoms with van der Waals surface area (Å²) in [5.74, 6) is -0.158. The van der Waals surface area contributed by atoms with E-state index in [-0.39, 0.29) is 17.4 Å². The van der Waals surface area contributed by atoms with Gasteiger partial charge in [-0.3, -0.25) is 14.5 Å². The molecule has 8 heteroatoms. The van der Waals surface area contributed by atoms with Crippen LogP contribution in [-0.2, 0) is 12.0 Å². The summed E-state index contributed by atoms with van der Waals surface area (Å²) in [7, 11) is 0. The summed E-state index contributed by atoms with van der Waals surface area (Å²) >= 11 is 0.